The Kier molecular flexibility index (Phi) is 7.51. The third-order valence-electron chi connectivity index (χ3n) is 3.48. The van der Waals surface area contributed by atoms with Gasteiger partial charge in [-0.05, 0) is 27.2 Å². The predicted octanol–water partition coefficient (Wildman–Crippen LogP) is 2.29. The van der Waals surface area contributed by atoms with Crippen molar-refractivity contribution in [2.24, 2.45) is 5.92 Å². The molecule has 2 unspecified atom stereocenters. The lowest BCUT2D eigenvalue weighted by molar-refractivity contribution is -0.169. The van der Waals surface area contributed by atoms with Gasteiger partial charge in [0.15, 0.2) is 0 Å². The van der Waals surface area contributed by atoms with E-state index in [9.17, 15) is 9.59 Å². The molecule has 0 radical (unpaired) electrons. The molecular formula is C14H26O6Si. The number of hydrogen-bond acceptors (Lipinski definition) is 6. The van der Waals surface area contributed by atoms with E-state index in [1.54, 1.807) is 0 Å². The Labute approximate surface area is 127 Å². The molecule has 0 bridgehead atoms. The number of carbonyl (C=O) groups is 2. The van der Waals surface area contributed by atoms with Gasteiger partial charge >= 0.3 is 20.7 Å². The van der Waals surface area contributed by atoms with Gasteiger partial charge in [0.2, 0.25) is 0 Å². The van der Waals surface area contributed by atoms with E-state index in [-0.39, 0.29) is 12.0 Å². The summed E-state index contributed by atoms with van der Waals surface area (Å²) in [4.78, 5) is 23.8. The van der Waals surface area contributed by atoms with Gasteiger partial charge in [-0.15, -0.1) is 0 Å². The van der Waals surface area contributed by atoms with Crippen LogP contribution in [0.5, 0.6) is 0 Å². The van der Waals surface area contributed by atoms with Gasteiger partial charge in [-0.3, -0.25) is 9.59 Å². The minimum atomic E-state index is -3.10. The Morgan fingerprint density at radius 2 is 1.57 bits per heavy atom. The van der Waals surface area contributed by atoms with E-state index in [1.807, 2.05) is 27.7 Å². The molecule has 0 saturated carbocycles. The Morgan fingerprint density at radius 1 is 1.05 bits per heavy atom. The molecule has 0 N–H and O–H groups in total. The van der Waals surface area contributed by atoms with Gasteiger partial charge in [-0.1, -0.05) is 13.3 Å². The molecule has 1 fully saturated rings. The van der Waals surface area contributed by atoms with Gasteiger partial charge in [0, 0.05) is 19.8 Å². The van der Waals surface area contributed by atoms with Gasteiger partial charge in [-0.25, -0.2) is 0 Å². The zero-order valence-corrected chi connectivity index (χ0v) is 14.3. The molecular weight excluding hydrogens is 292 g/mol. The van der Waals surface area contributed by atoms with Crippen LogP contribution in [0.2, 0.25) is 5.54 Å². The molecule has 2 atom stereocenters. The summed E-state index contributed by atoms with van der Waals surface area (Å²) in [5.74, 6) is -1.40. The number of ether oxygens (including phenoxy) is 1. The summed E-state index contributed by atoms with van der Waals surface area (Å²) in [6.07, 6.45) is 1.57. The summed E-state index contributed by atoms with van der Waals surface area (Å²) in [5.41, 5.74) is -0.356. The summed E-state index contributed by atoms with van der Waals surface area (Å²) in [7, 11) is -3.10. The van der Waals surface area contributed by atoms with Crippen molar-refractivity contribution < 1.29 is 27.6 Å². The van der Waals surface area contributed by atoms with Crippen LogP contribution in [0.1, 0.15) is 47.0 Å². The van der Waals surface area contributed by atoms with E-state index in [0.29, 0.717) is 26.2 Å². The van der Waals surface area contributed by atoms with Crippen molar-refractivity contribution >= 4 is 20.7 Å². The van der Waals surface area contributed by atoms with Crippen LogP contribution in [0, 0.1) is 5.92 Å². The van der Waals surface area contributed by atoms with Gasteiger partial charge in [0.25, 0.3) is 0 Å². The second-order valence-corrected chi connectivity index (χ2v) is 7.72. The predicted molar refractivity (Wildman–Crippen MR) is 78.5 cm³/mol. The van der Waals surface area contributed by atoms with Crippen LogP contribution in [0.3, 0.4) is 0 Å². The lowest BCUT2D eigenvalue weighted by atomic mass is 9.95. The van der Waals surface area contributed by atoms with Crippen molar-refractivity contribution in [2.45, 2.75) is 52.5 Å². The van der Waals surface area contributed by atoms with Gasteiger partial charge < -0.3 is 18.0 Å². The van der Waals surface area contributed by atoms with E-state index < -0.39 is 26.7 Å². The van der Waals surface area contributed by atoms with Crippen molar-refractivity contribution in [1.29, 1.82) is 0 Å². The minimum Gasteiger partial charge on any atom is -0.393 e. The number of carbonyl (C=O) groups excluding carboxylic acids is 2. The molecule has 1 aliphatic heterocycles. The third kappa shape index (κ3) is 4.35. The molecule has 1 aliphatic rings. The first-order chi connectivity index (χ1) is 10.0. The largest absolute Gasteiger partial charge is 0.505 e. The molecule has 0 aliphatic carbocycles. The second-order valence-electron chi connectivity index (χ2n) is 4.90. The highest BCUT2D eigenvalue weighted by molar-refractivity contribution is 6.63. The summed E-state index contributed by atoms with van der Waals surface area (Å²) in [6, 6.07) is 0. The van der Waals surface area contributed by atoms with Gasteiger partial charge in [0.05, 0.1) is 17.9 Å². The SMILES string of the molecule is CCCC1C(=O)OC(=O)CC1[Si](OCC)(OCC)OCC. The molecule has 7 heteroatoms. The summed E-state index contributed by atoms with van der Waals surface area (Å²) < 4.78 is 22.4. The lowest BCUT2D eigenvalue weighted by Gasteiger charge is -2.39. The zero-order chi connectivity index (χ0) is 15.9. The van der Waals surface area contributed by atoms with Crippen molar-refractivity contribution in [3.05, 3.63) is 0 Å². The average Bonchev–Trinajstić information content (AvgIpc) is 2.42. The second kappa shape index (κ2) is 8.62. The third-order valence-corrected chi connectivity index (χ3v) is 7.07. The monoisotopic (exact) mass is 318 g/mol. The first kappa shape index (κ1) is 18.3. The van der Waals surface area contributed by atoms with E-state index >= 15 is 0 Å². The van der Waals surface area contributed by atoms with Crippen molar-refractivity contribution in [3.8, 4) is 0 Å². The van der Waals surface area contributed by atoms with Crippen molar-refractivity contribution in [2.75, 3.05) is 19.8 Å². The van der Waals surface area contributed by atoms with Gasteiger partial charge in [-0.2, -0.15) is 0 Å². The zero-order valence-electron chi connectivity index (χ0n) is 13.3. The van der Waals surface area contributed by atoms with E-state index in [2.05, 4.69) is 0 Å². The van der Waals surface area contributed by atoms with E-state index in [4.69, 9.17) is 18.0 Å². The van der Waals surface area contributed by atoms with Gasteiger partial charge in [0.1, 0.15) is 0 Å². The normalized spacial score (nSPS) is 23.2. The average molecular weight is 318 g/mol. The molecule has 0 aromatic heterocycles. The van der Waals surface area contributed by atoms with Crippen LogP contribution in [0.25, 0.3) is 0 Å². The number of rotatable bonds is 9. The smallest absolute Gasteiger partial charge is 0.393 e. The summed E-state index contributed by atoms with van der Waals surface area (Å²) >= 11 is 0. The molecule has 0 aromatic carbocycles. The maximum Gasteiger partial charge on any atom is 0.505 e. The fourth-order valence-corrected chi connectivity index (χ4v) is 6.08. The Hall–Kier alpha value is -0.763. The van der Waals surface area contributed by atoms with Crippen molar-refractivity contribution in [1.82, 2.24) is 0 Å². The van der Waals surface area contributed by atoms with Crippen LogP contribution in [-0.2, 0) is 27.6 Å². The highest BCUT2D eigenvalue weighted by Crippen LogP contribution is 2.41. The van der Waals surface area contributed by atoms with Crippen molar-refractivity contribution in [3.63, 3.8) is 0 Å². The minimum absolute atomic E-state index is 0.114. The molecule has 0 amide bonds. The lowest BCUT2D eigenvalue weighted by Crippen LogP contribution is -2.56. The molecule has 122 valence electrons. The van der Waals surface area contributed by atoms with E-state index in [1.165, 1.54) is 0 Å². The molecule has 0 aromatic rings. The van der Waals surface area contributed by atoms with Crippen LogP contribution in [-0.4, -0.2) is 40.6 Å². The number of cyclic esters (lactones) is 2. The Morgan fingerprint density at radius 3 is 2.00 bits per heavy atom. The molecule has 0 spiro atoms. The maximum atomic E-state index is 12.1. The topological polar surface area (TPSA) is 71.1 Å². The molecule has 1 rings (SSSR count). The van der Waals surface area contributed by atoms with Crippen LogP contribution in [0.4, 0.5) is 0 Å². The maximum absolute atomic E-state index is 12.1. The molecule has 1 saturated heterocycles. The van der Waals surface area contributed by atoms with Crippen LogP contribution >= 0.6 is 0 Å². The molecule has 21 heavy (non-hydrogen) atoms. The molecule has 6 nitrogen and oxygen atoms in total. The molecule has 1 heterocycles. The first-order valence-electron chi connectivity index (χ1n) is 7.70. The first-order valence-corrected chi connectivity index (χ1v) is 9.51. The highest BCUT2D eigenvalue weighted by atomic mass is 28.4. The Balaban J connectivity index is 3.14. The quantitative estimate of drug-likeness (QED) is 0.369. The van der Waals surface area contributed by atoms with E-state index in [0.717, 1.165) is 6.42 Å². The highest BCUT2D eigenvalue weighted by Gasteiger charge is 2.57. The van der Waals surface area contributed by atoms with Crippen LogP contribution in [0.15, 0.2) is 0 Å². The fourth-order valence-electron chi connectivity index (χ4n) is 2.77. The number of esters is 2. The standard InChI is InChI=1S/C14H26O6Si/c1-5-9-11-12(10-13(15)20-14(11)16)21(17-6-2,18-7-3)19-8-4/h11-12H,5-10H2,1-4H3. The Bertz CT molecular complexity index is 342. The summed E-state index contributed by atoms with van der Waals surface area (Å²) in [6.45, 7) is 8.83. The fraction of sp³-hybridized carbons (Fsp3) is 0.857. The summed E-state index contributed by atoms with van der Waals surface area (Å²) in [5, 5.41) is 0. The van der Waals surface area contributed by atoms with Crippen LogP contribution < -0.4 is 0 Å². The number of hydrogen-bond donors (Lipinski definition) is 0.